The van der Waals surface area contributed by atoms with Crippen LogP contribution < -0.4 is 9.47 Å². The third-order valence-corrected chi connectivity index (χ3v) is 5.01. The van der Waals surface area contributed by atoms with Crippen LogP contribution in [0.3, 0.4) is 0 Å². The number of para-hydroxylation sites is 1. The van der Waals surface area contributed by atoms with Gasteiger partial charge in [-0.1, -0.05) is 42.5 Å². The van der Waals surface area contributed by atoms with E-state index in [4.69, 9.17) is 14.6 Å². The number of carboxylic acid groups (broad SMARTS) is 1. The van der Waals surface area contributed by atoms with E-state index in [0.29, 0.717) is 24.0 Å². The van der Waals surface area contributed by atoms with Gasteiger partial charge in [-0.15, -0.1) is 0 Å². The molecule has 0 aliphatic carbocycles. The number of carboxylic acids is 1. The third kappa shape index (κ3) is 4.23. The largest absolute Gasteiger partial charge is 0.489 e. The second kappa shape index (κ2) is 8.11. The van der Waals surface area contributed by atoms with Crippen molar-refractivity contribution in [3.63, 3.8) is 0 Å². The second-order valence-electron chi connectivity index (χ2n) is 5.69. The fraction of sp³-hybridized carbons (Fsp3) is 0.316. The number of fused-ring (bicyclic) bond motifs is 1. The number of benzene rings is 2. The van der Waals surface area contributed by atoms with Gasteiger partial charge in [0.25, 0.3) is 0 Å². The Morgan fingerprint density at radius 1 is 1.21 bits per heavy atom. The summed E-state index contributed by atoms with van der Waals surface area (Å²) in [5.74, 6) is 2.66. The number of ether oxygens (including phenoxy) is 2. The van der Waals surface area contributed by atoms with Crippen LogP contribution in [-0.4, -0.2) is 30.0 Å². The van der Waals surface area contributed by atoms with Crippen LogP contribution in [0.2, 0.25) is 0 Å². The molecule has 3 rings (SSSR count). The van der Waals surface area contributed by atoms with Crippen LogP contribution >= 0.6 is 11.8 Å². The molecule has 0 spiro atoms. The molecular weight excluding hydrogens is 324 g/mol. The highest BCUT2D eigenvalue weighted by atomic mass is 32.2. The van der Waals surface area contributed by atoms with Gasteiger partial charge in [-0.3, -0.25) is 0 Å². The van der Waals surface area contributed by atoms with Crippen molar-refractivity contribution in [3.8, 4) is 11.5 Å². The molecule has 24 heavy (non-hydrogen) atoms. The molecule has 1 aliphatic rings. The first-order chi connectivity index (χ1) is 11.7. The monoisotopic (exact) mass is 344 g/mol. The fourth-order valence-electron chi connectivity index (χ4n) is 2.76. The lowest BCUT2D eigenvalue weighted by Gasteiger charge is -2.10. The zero-order chi connectivity index (χ0) is 16.8. The third-order valence-electron chi connectivity index (χ3n) is 3.95. The van der Waals surface area contributed by atoms with Crippen LogP contribution in [0.25, 0.3) is 0 Å². The molecule has 0 fully saturated rings. The molecule has 1 atom stereocenters. The van der Waals surface area contributed by atoms with E-state index in [2.05, 4.69) is 24.3 Å². The minimum atomic E-state index is -0.987. The Morgan fingerprint density at radius 2 is 2.04 bits per heavy atom. The van der Waals surface area contributed by atoms with Gasteiger partial charge >= 0.3 is 5.97 Å². The van der Waals surface area contributed by atoms with Crippen molar-refractivity contribution >= 4 is 17.7 Å². The molecule has 1 unspecified atom stereocenters. The molecule has 0 aromatic heterocycles. The zero-order valence-electron chi connectivity index (χ0n) is 13.3. The molecule has 1 aliphatic heterocycles. The summed E-state index contributed by atoms with van der Waals surface area (Å²) in [6.45, 7) is 0.284. The number of rotatable bonds is 8. The highest BCUT2D eigenvalue weighted by molar-refractivity contribution is 7.98. The van der Waals surface area contributed by atoms with E-state index in [-0.39, 0.29) is 6.61 Å². The van der Waals surface area contributed by atoms with Crippen LogP contribution in [0, 0.1) is 0 Å². The molecule has 2 aromatic carbocycles. The topological polar surface area (TPSA) is 55.8 Å². The van der Waals surface area contributed by atoms with Crippen molar-refractivity contribution in [3.05, 3.63) is 59.7 Å². The van der Waals surface area contributed by atoms with Crippen molar-refractivity contribution in [1.82, 2.24) is 0 Å². The van der Waals surface area contributed by atoms with Gasteiger partial charge in [-0.2, -0.15) is 11.8 Å². The van der Waals surface area contributed by atoms with E-state index < -0.39 is 5.97 Å². The van der Waals surface area contributed by atoms with Gasteiger partial charge in [0.15, 0.2) is 18.1 Å². The molecule has 0 saturated carbocycles. The maximum atomic E-state index is 10.7. The Hall–Kier alpha value is -2.14. The SMILES string of the molecule is O=C(O)COc1cccc2c1OCC2CCSCc1ccccc1. The average molecular weight is 344 g/mol. The summed E-state index contributed by atoms with van der Waals surface area (Å²) >= 11 is 1.92. The van der Waals surface area contributed by atoms with Crippen LogP contribution in [0.15, 0.2) is 48.5 Å². The van der Waals surface area contributed by atoms with Gasteiger partial charge in [0.2, 0.25) is 0 Å². The van der Waals surface area contributed by atoms with Crippen molar-refractivity contribution in [1.29, 1.82) is 0 Å². The Morgan fingerprint density at radius 3 is 2.83 bits per heavy atom. The van der Waals surface area contributed by atoms with Crippen molar-refractivity contribution in [2.24, 2.45) is 0 Å². The van der Waals surface area contributed by atoms with Gasteiger partial charge in [-0.05, 0) is 23.8 Å². The molecule has 1 heterocycles. The highest BCUT2D eigenvalue weighted by Gasteiger charge is 2.26. The fourth-order valence-corrected chi connectivity index (χ4v) is 3.79. The maximum Gasteiger partial charge on any atom is 0.341 e. The quantitative estimate of drug-likeness (QED) is 0.735. The first-order valence-electron chi connectivity index (χ1n) is 7.96. The van der Waals surface area contributed by atoms with Gasteiger partial charge in [-0.25, -0.2) is 4.79 Å². The Bertz CT molecular complexity index is 687. The van der Waals surface area contributed by atoms with Crippen LogP contribution in [-0.2, 0) is 10.5 Å². The summed E-state index contributed by atoms with van der Waals surface area (Å²) in [7, 11) is 0. The molecule has 0 bridgehead atoms. The van der Waals surface area contributed by atoms with E-state index in [1.54, 1.807) is 6.07 Å². The van der Waals surface area contributed by atoms with Crippen LogP contribution in [0.4, 0.5) is 0 Å². The minimum absolute atomic E-state index is 0.344. The molecule has 0 amide bonds. The Balaban J connectivity index is 1.53. The summed E-state index contributed by atoms with van der Waals surface area (Å²) in [6.07, 6.45) is 1.03. The summed E-state index contributed by atoms with van der Waals surface area (Å²) in [5, 5.41) is 8.74. The summed E-state index contributed by atoms with van der Waals surface area (Å²) in [4.78, 5) is 10.7. The van der Waals surface area contributed by atoms with E-state index >= 15 is 0 Å². The van der Waals surface area contributed by atoms with Crippen LogP contribution in [0.5, 0.6) is 11.5 Å². The number of thioether (sulfide) groups is 1. The molecule has 1 N–H and O–H groups in total. The average Bonchev–Trinajstić information content (AvgIpc) is 3.01. The minimum Gasteiger partial charge on any atom is -0.489 e. The number of hydrogen-bond donors (Lipinski definition) is 1. The Kier molecular flexibility index (Phi) is 5.64. The van der Waals surface area contributed by atoms with Gasteiger partial charge < -0.3 is 14.6 Å². The molecule has 2 aromatic rings. The van der Waals surface area contributed by atoms with E-state index in [1.807, 2.05) is 30.0 Å². The Labute approximate surface area is 145 Å². The molecule has 4 nitrogen and oxygen atoms in total. The van der Waals surface area contributed by atoms with Gasteiger partial charge in [0, 0.05) is 17.2 Å². The number of aliphatic carboxylic acids is 1. The summed E-state index contributed by atoms with van der Waals surface area (Å²) < 4.78 is 11.1. The number of hydrogen-bond acceptors (Lipinski definition) is 4. The molecule has 0 saturated heterocycles. The van der Waals surface area contributed by atoms with E-state index in [0.717, 1.165) is 23.5 Å². The molecule has 126 valence electrons. The summed E-state index contributed by atoms with van der Waals surface area (Å²) in [5.41, 5.74) is 2.47. The molecule has 0 radical (unpaired) electrons. The van der Waals surface area contributed by atoms with Crippen LogP contribution in [0.1, 0.15) is 23.5 Å². The maximum absolute atomic E-state index is 10.7. The van der Waals surface area contributed by atoms with Crippen molar-refractivity contribution in [2.75, 3.05) is 19.0 Å². The predicted molar refractivity (Wildman–Crippen MR) is 95.0 cm³/mol. The highest BCUT2D eigenvalue weighted by Crippen LogP contribution is 2.42. The van der Waals surface area contributed by atoms with E-state index in [9.17, 15) is 4.79 Å². The smallest absolute Gasteiger partial charge is 0.341 e. The standard InChI is InChI=1S/C19H20O4S/c20-18(21)12-22-17-8-4-7-16-15(11-23-19(16)17)9-10-24-13-14-5-2-1-3-6-14/h1-8,15H,9-13H2,(H,20,21). The lowest BCUT2D eigenvalue weighted by Crippen LogP contribution is -2.09. The summed E-state index contributed by atoms with van der Waals surface area (Å²) in [6, 6.07) is 16.2. The number of carbonyl (C=O) groups is 1. The first kappa shape index (κ1) is 16.7. The van der Waals surface area contributed by atoms with Crippen molar-refractivity contribution < 1.29 is 19.4 Å². The van der Waals surface area contributed by atoms with Crippen molar-refractivity contribution in [2.45, 2.75) is 18.1 Å². The zero-order valence-corrected chi connectivity index (χ0v) is 14.1. The van der Waals surface area contributed by atoms with Gasteiger partial charge in [0.05, 0.1) is 6.61 Å². The second-order valence-corrected chi connectivity index (χ2v) is 6.80. The lowest BCUT2D eigenvalue weighted by atomic mass is 9.98. The first-order valence-corrected chi connectivity index (χ1v) is 9.11. The lowest BCUT2D eigenvalue weighted by molar-refractivity contribution is -0.139. The van der Waals surface area contributed by atoms with Gasteiger partial charge in [0.1, 0.15) is 0 Å². The predicted octanol–water partition coefficient (Wildman–Crippen LogP) is 3.95. The molecule has 5 heteroatoms. The normalized spacial score (nSPS) is 15.6. The van der Waals surface area contributed by atoms with E-state index in [1.165, 1.54) is 5.56 Å². The molecular formula is C19H20O4S.